The molecule has 1 aliphatic heterocycles. The topological polar surface area (TPSA) is 58.1 Å². The van der Waals surface area contributed by atoms with Crippen molar-refractivity contribution in [2.24, 2.45) is 5.92 Å². The van der Waals surface area contributed by atoms with Crippen LogP contribution in [0, 0.1) is 12.8 Å². The highest BCUT2D eigenvalue weighted by atomic mass is 35.5. The predicted molar refractivity (Wildman–Crippen MR) is 120 cm³/mol. The molecule has 5 nitrogen and oxygen atoms in total. The molecule has 1 aliphatic rings. The number of rotatable bonds is 5. The average molecular weight is 421 g/mol. The Hall–Kier alpha value is -2.92. The second-order valence-electron chi connectivity index (χ2n) is 7.69. The van der Waals surface area contributed by atoms with Crippen molar-refractivity contribution in [2.75, 3.05) is 18.0 Å². The highest BCUT2D eigenvalue weighted by Crippen LogP contribution is 2.25. The first-order valence-electron chi connectivity index (χ1n) is 10.3. The van der Waals surface area contributed by atoms with Crippen molar-refractivity contribution >= 4 is 23.3 Å². The minimum Gasteiger partial charge on any atom is -0.354 e. The van der Waals surface area contributed by atoms with Gasteiger partial charge in [-0.25, -0.2) is 0 Å². The molecule has 6 heteroatoms. The highest BCUT2D eigenvalue weighted by molar-refractivity contribution is 6.31. The van der Waals surface area contributed by atoms with Gasteiger partial charge in [0.2, 0.25) is 5.91 Å². The summed E-state index contributed by atoms with van der Waals surface area (Å²) in [7, 11) is 0. The van der Waals surface area contributed by atoms with E-state index in [0.717, 1.165) is 42.0 Å². The summed E-state index contributed by atoms with van der Waals surface area (Å²) >= 11 is 6.19. The maximum absolute atomic E-state index is 12.7. The largest absolute Gasteiger partial charge is 0.354 e. The van der Waals surface area contributed by atoms with Crippen molar-refractivity contribution in [2.45, 2.75) is 26.3 Å². The first-order valence-corrected chi connectivity index (χ1v) is 10.7. The summed E-state index contributed by atoms with van der Waals surface area (Å²) in [5.41, 5.74) is 4.06. The first-order chi connectivity index (χ1) is 14.6. The number of anilines is 1. The predicted octanol–water partition coefficient (Wildman–Crippen LogP) is 4.64. The van der Waals surface area contributed by atoms with Crippen LogP contribution in [-0.4, -0.2) is 29.2 Å². The summed E-state index contributed by atoms with van der Waals surface area (Å²) in [6.45, 7) is 4.04. The Labute approximate surface area is 182 Å². The lowest BCUT2D eigenvalue weighted by Crippen LogP contribution is -2.43. The number of aromatic nitrogens is 2. The molecule has 0 radical (unpaired) electrons. The molecular weight excluding hydrogens is 396 g/mol. The summed E-state index contributed by atoms with van der Waals surface area (Å²) < 4.78 is 0. The number of hydrogen-bond donors (Lipinski definition) is 1. The summed E-state index contributed by atoms with van der Waals surface area (Å²) in [5, 5.41) is 12.6. The first kappa shape index (κ1) is 20.4. The van der Waals surface area contributed by atoms with Crippen LogP contribution in [0.4, 0.5) is 5.82 Å². The van der Waals surface area contributed by atoms with Crippen molar-refractivity contribution in [3.63, 3.8) is 0 Å². The van der Waals surface area contributed by atoms with Crippen LogP contribution in [0.3, 0.4) is 0 Å². The molecule has 1 aromatic heterocycles. The third kappa shape index (κ3) is 4.62. The molecule has 0 aliphatic carbocycles. The summed E-state index contributed by atoms with van der Waals surface area (Å²) in [5.74, 6) is 0.805. The smallest absolute Gasteiger partial charge is 0.225 e. The monoisotopic (exact) mass is 420 g/mol. The number of carbonyl (C=O) groups is 1. The van der Waals surface area contributed by atoms with Gasteiger partial charge in [0.25, 0.3) is 0 Å². The van der Waals surface area contributed by atoms with Gasteiger partial charge in [0.1, 0.15) is 0 Å². The number of piperidine rings is 1. The van der Waals surface area contributed by atoms with Crippen LogP contribution in [0.25, 0.3) is 11.3 Å². The number of nitrogens with zero attached hydrogens (tertiary/aromatic N) is 3. The Morgan fingerprint density at radius 2 is 1.90 bits per heavy atom. The Morgan fingerprint density at radius 1 is 1.10 bits per heavy atom. The molecular formula is C24H25ClN4O. The van der Waals surface area contributed by atoms with E-state index in [0.29, 0.717) is 18.1 Å². The van der Waals surface area contributed by atoms with E-state index in [4.69, 9.17) is 11.6 Å². The molecule has 1 fully saturated rings. The highest BCUT2D eigenvalue weighted by Gasteiger charge is 2.26. The van der Waals surface area contributed by atoms with Crippen molar-refractivity contribution in [1.82, 2.24) is 15.5 Å². The summed E-state index contributed by atoms with van der Waals surface area (Å²) in [6.07, 6.45) is 1.82. The van der Waals surface area contributed by atoms with E-state index in [1.165, 1.54) is 5.56 Å². The van der Waals surface area contributed by atoms with Crippen LogP contribution in [0.2, 0.25) is 5.02 Å². The lowest BCUT2D eigenvalue weighted by atomic mass is 9.97. The number of amides is 1. The Kier molecular flexibility index (Phi) is 6.29. The van der Waals surface area contributed by atoms with Gasteiger partial charge in [0.05, 0.1) is 11.6 Å². The zero-order valence-corrected chi connectivity index (χ0v) is 17.8. The number of aryl methyl sites for hydroxylation is 1. The molecule has 2 heterocycles. The number of benzene rings is 2. The molecule has 3 aromatic rings. The Balaban J connectivity index is 1.39. The van der Waals surface area contributed by atoms with Crippen LogP contribution in [0.15, 0.2) is 60.7 Å². The Morgan fingerprint density at radius 3 is 2.67 bits per heavy atom. The van der Waals surface area contributed by atoms with Crippen molar-refractivity contribution < 1.29 is 4.79 Å². The molecule has 1 N–H and O–H groups in total. The van der Waals surface area contributed by atoms with E-state index in [1.54, 1.807) is 0 Å². The van der Waals surface area contributed by atoms with Crippen LogP contribution in [0.5, 0.6) is 0 Å². The van der Waals surface area contributed by atoms with Crippen molar-refractivity contribution in [3.05, 3.63) is 76.8 Å². The number of halogens is 1. The normalized spacial score (nSPS) is 16.3. The van der Waals surface area contributed by atoms with E-state index < -0.39 is 0 Å². The summed E-state index contributed by atoms with van der Waals surface area (Å²) in [6, 6.07) is 19.7. The Bertz CT molecular complexity index is 1020. The van der Waals surface area contributed by atoms with Gasteiger partial charge in [-0.15, -0.1) is 10.2 Å². The van der Waals surface area contributed by atoms with E-state index >= 15 is 0 Å². The average Bonchev–Trinajstić information content (AvgIpc) is 2.79. The quantitative estimate of drug-likeness (QED) is 0.653. The lowest BCUT2D eigenvalue weighted by molar-refractivity contribution is -0.125. The fraction of sp³-hybridized carbons (Fsp3) is 0.292. The molecule has 1 amide bonds. The maximum atomic E-state index is 12.7. The maximum Gasteiger partial charge on any atom is 0.225 e. The minimum atomic E-state index is -0.0703. The second-order valence-corrected chi connectivity index (χ2v) is 8.09. The molecule has 0 spiro atoms. The fourth-order valence-corrected chi connectivity index (χ4v) is 4.07. The van der Waals surface area contributed by atoms with Crippen molar-refractivity contribution in [3.8, 4) is 11.3 Å². The van der Waals surface area contributed by atoms with Crippen LogP contribution in [-0.2, 0) is 11.3 Å². The molecule has 0 saturated carbocycles. The van der Waals surface area contributed by atoms with Gasteiger partial charge in [0, 0.05) is 30.2 Å². The van der Waals surface area contributed by atoms with E-state index in [2.05, 4.69) is 39.5 Å². The van der Waals surface area contributed by atoms with Gasteiger partial charge in [-0.1, -0.05) is 54.1 Å². The van der Waals surface area contributed by atoms with Gasteiger partial charge < -0.3 is 10.2 Å². The molecule has 0 bridgehead atoms. The second kappa shape index (κ2) is 9.26. The van der Waals surface area contributed by atoms with Gasteiger partial charge in [-0.3, -0.25) is 4.79 Å². The zero-order valence-electron chi connectivity index (χ0n) is 17.0. The van der Waals surface area contributed by atoms with E-state index in [1.807, 2.05) is 48.5 Å². The van der Waals surface area contributed by atoms with Gasteiger partial charge in [-0.2, -0.15) is 0 Å². The van der Waals surface area contributed by atoms with Crippen LogP contribution >= 0.6 is 11.6 Å². The molecule has 1 unspecified atom stereocenters. The molecule has 154 valence electrons. The third-order valence-corrected chi connectivity index (χ3v) is 5.97. The van der Waals surface area contributed by atoms with E-state index in [9.17, 15) is 4.79 Å². The zero-order chi connectivity index (χ0) is 20.9. The lowest BCUT2D eigenvalue weighted by Gasteiger charge is -2.32. The van der Waals surface area contributed by atoms with Gasteiger partial charge in [-0.05, 0) is 49.1 Å². The standard InChI is InChI=1S/C24H25ClN4O/c1-17-7-2-4-10-20(17)22-12-13-23(28-27-22)29-14-6-9-19(16-29)24(30)26-15-18-8-3-5-11-21(18)25/h2-5,7-8,10-13,19H,6,9,14-16H2,1H3,(H,26,30). The molecule has 1 saturated heterocycles. The number of hydrogen-bond acceptors (Lipinski definition) is 4. The molecule has 4 rings (SSSR count). The van der Waals surface area contributed by atoms with Crippen LogP contribution in [0.1, 0.15) is 24.0 Å². The molecule has 30 heavy (non-hydrogen) atoms. The van der Waals surface area contributed by atoms with Gasteiger partial charge >= 0.3 is 0 Å². The van der Waals surface area contributed by atoms with Gasteiger partial charge in [0.15, 0.2) is 5.82 Å². The number of nitrogens with one attached hydrogen (secondary N) is 1. The number of carbonyl (C=O) groups excluding carboxylic acids is 1. The minimum absolute atomic E-state index is 0.0594. The van der Waals surface area contributed by atoms with Crippen LogP contribution < -0.4 is 10.2 Å². The molecule has 1 atom stereocenters. The molecule has 2 aromatic carbocycles. The summed E-state index contributed by atoms with van der Waals surface area (Å²) in [4.78, 5) is 14.9. The SMILES string of the molecule is Cc1ccccc1-c1ccc(N2CCCC(C(=O)NCc3ccccc3Cl)C2)nn1. The van der Waals surface area contributed by atoms with Crippen molar-refractivity contribution in [1.29, 1.82) is 0 Å². The fourth-order valence-electron chi connectivity index (χ4n) is 3.87. The third-order valence-electron chi connectivity index (χ3n) is 5.60. The van der Waals surface area contributed by atoms with E-state index in [-0.39, 0.29) is 11.8 Å².